The summed E-state index contributed by atoms with van der Waals surface area (Å²) in [7, 11) is 3.13. The first-order valence-electron chi connectivity index (χ1n) is 15.1. The summed E-state index contributed by atoms with van der Waals surface area (Å²) in [6.07, 6.45) is 1.27. The molecule has 1 atom stereocenters. The van der Waals surface area contributed by atoms with E-state index in [1.807, 2.05) is 11.9 Å². The summed E-state index contributed by atoms with van der Waals surface area (Å²) in [5.74, 6) is -2.94. The van der Waals surface area contributed by atoms with Crippen molar-refractivity contribution in [2.45, 2.75) is 18.3 Å². The normalized spacial score (nSPS) is 19.5. The van der Waals surface area contributed by atoms with Crippen LogP contribution < -0.4 is 47.9 Å². The van der Waals surface area contributed by atoms with Crippen LogP contribution in [0.4, 0.5) is 0 Å². The predicted molar refractivity (Wildman–Crippen MR) is 173 cm³/mol. The van der Waals surface area contributed by atoms with Crippen LogP contribution in [-0.2, 0) is 16.6 Å². The van der Waals surface area contributed by atoms with Crippen molar-refractivity contribution in [2.24, 2.45) is 5.10 Å². The number of rotatable bonds is 5. The van der Waals surface area contributed by atoms with Crippen molar-refractivity contribution in [1.82, 2.24) is 20.2 Å². The summed E-state index contributed by atoms with van der Waals surface area (Å²) in [6, 6.07) is 3.87. The number of aryl methyl sites for hydroxylation is 1. The minimum Gasteiger partial charge on any atom is -0.510 e. The van der Waals surface area contributed by atoms with E-state index in [1.165, 1.54) is 12.3 Å². The van der Waals surface area contributed by atoms with E-state index in [1.54, 1.807) is 6.07 Å². The minimum atomic E-state index is -2.00. The molecule has 1 saturated heterocycles. The van der Waals surface area contributed by atoms with E-state index in [0.717, 1.165) is 39.4 Å². The lowest BCUT2D eigenvalue weighted by molar-refractivity contribution is -0.122. The molecule has 15 nitrogen and oxygen atoms in total. The lowest BCUT2D eigenvalue weighted by Crippen LogP contribution is -2.51. The first kappa shape index (κ1) is 31.0. The number of aromatic nitrogens is 1. The molecule has 0 bridgehead atoms. The zero-order valence-electron chi connectivity index (χ0n) is 25.8. The van der Waals surface area contributed by atoms with Crippen LogP contribution in [0.2, 0.25) is 0 Å². The van der Waals surface area contributed by atoms with Crippen molar-refractivity contribution < 1.29 is 24.9 Å². The number of phenols is 1. The van der Waals surface area contributed by atoms with Gasteiger partial charge in [-0.15, -0.1) is 0 Å². The number of hydrogen-bond acceptors (Lipinski definition) is 13. The van der Waals surface area contributed by atoms with Crippen LogP contribution in [-0.4, -0.2) is 89.1 Å². The second-order valence-corrected chi connectivity index (χ2v) is 12.3. The molecule has 7 rings (SSSR count). The maximum Gasteiger partial charge on any atom is 0.260 e. The zero-order chi connectivity index (χ0) is 34.2. The van der Waals surface area contributed by atoms with E-state index in [2.05, 4.69) is 20.4 Å². The van der Waals surface area contributed by atoms with Crippen molar-refractivity contribution in [3.05, 3.63) is 107 Å². The van der Waals surface area contributed by atoms with Crippen molar-refractivity contribution in [1.29, 1.82) is 0 Å². The number of aromatic hydroxyl groups is 1. The van der Waals surface area contributed by atoms with Gasteiger partial charge in [0.05, 0.1) is 51.8 Å². The Kier molecular flexibility index (Phi) is 7.07. The summed E-state index contributed by atoms with van der Waals surface area (Å²) in [6.45, 7) is 3.38. The summed E-state index contributed by atoms with van der Waals surface area (Å²) < 4.78 is 4.90. The molecule has 5 aliphatic rings. The number of H-pyrrole nitrogens is 1. The number of nitrogens with one attached hydrogen (secondary N) is 2. The molecule has 48 heavy (non-hydrogen) atoms. The van der Waals surface area contributed by atoms with Crippen LogP contribution >= 0.6 is 0 Å². The topological polar surface area (TPSA) is 219 Å². The van der Waals surface area contributed by atoms with Gasteiger partial charge in [-0.3, -0.25) is 33.7 Å². The third-order valence-electron chi connectivity index (χ3n) is 9.63. The molecule has 1 unspecified atom stereocenters. The summed E-state index contributed by atoms with van der Waals surface area (Å²) >= 11 is 0. The Morgan fingerprint density at radius 1 is 0.958 bits per heavy atom. The lowest BCUT2D eigenvalue weighted by Gasteiger charge is -2.31. The highest BCUT2D eigenvalue weighted by molar-refractivity contribution is 5.96. The summed E-state index contributed by atoms with van der Waals surface area (Å²) in [5, 5.41) is 35.9. The number of benzene rings is 1. The third-order valence-corrected chi connectivity index (χ3v) is 9.63. The second-order valence-electron chi connectivity index (χ2n) is 12.3. The number of ether oxygens (including phenoxy) is 1. The van der Waals surface area contributed by atoms with E-state index in [9.17, 15) is 44.1 Å². The van der Waals surface area contributed by atoms with Crippen LogP contribution in [0.25, 0.3) is 22.3 Å². The van der Waals surface area contributed by atoms with Crippen LogP contribution in [0.3, 0.4) is 0 Å². The predicted octanol–water partition coefficient (Wildman–Crippen LogP) is -2.79. The van der Waals surface area contributed by atoms with Gasteiger partial charge in [-0.25, -0.2) is 5.43 Å². The van der Waals surface area contributed by atoms with Crippen molar-refractivity contribution >= 4 is 34.4 Å². The molecule has 5 N–H and O–H groups in total. The largest absolute Gasteiger partial charge is 0.510 e. The average molecular weight is 656 g/mol. The van der Waals surface area contributed by atoms with E-state index in [4.69, 9.17) is 4.74 Å². The number of carbonyl (C=O) groups is 1. The Morgan fingerprint density at radius 2 is 1.62 bits per heavy atom. The van der Waals surface area contributed by atoms with Gasteiger partial charge < -0.3 is 29.9 Å². The highest BCUT2D eigenvalue weighted by atomic mass is 16.5. The van der Waals surface area contributed by atoms with Gasteiger partial charge in [-0.1, -0.05) is 6.07 Å². The van der Waals surface area contributed by atoms with E-state index in [0.29, 0.717) is 5.56 Å². The van der Waals surface area contributed by atoms with Gasteiger partial charge in [-0.2, -0.15) is 5.10 Å². The Bertz CT molecular complexity index is 2600. The average Bonchev–Trinajstić information content (AvgIpc) is 3.54. The Hall–Kier alpha value is -5.67. The molecule has 4 aliphatic carbocycles. The number of aliphatic hydroxyl groups excluding tert-OH is 2. The molecule has 0 saturated carbocycles. The molecule has 246 valence electrons. The van der Waals surface area contributed by atoms with Crippen LogP contribution in [0, 0.1) is 10.4 Å². The number of carbonyl (C=O) groups excluding carboxylic acids is 1. The van der Waals surface area contributed by atoms with Gasteiger partial charge in [0.15, 0.2) is 11.2 Å². The number of amides is 1. The standard InChI is InChI=1S/C33H29N5O10/c1-37-5-7-38(8-6-37)13-19(40)36-34-12-16-10-15-9-14-3-4-33(25(14)29(44)20(15)32(47)35-16)30(45)23-24(31(33)46)28(43)22-21(27(23)42)17(39)11-18(48-2)26(22)41/h9-12,44-46H,3-8,13H2,1-2H3,(H,35,47)(H,36,40). The molecule has 15 heteroatoms. The maximum absolute atomic E-state index is 13.7. The van der Waals surface area contributed by atoms with Gasteiger partial charge in [0.25, 0.3) is 11.5 Å². The first-order chi connectivity index (χ1) is 22.9. The quantitative estimate of drug-likeness (QED) is 0.109. The molecule has 1 aliphatic heterocycles. The monoisotopic (exact) mass is 655 g/mol. The number of nitrogens with zero attached hydrogens (tertiary/aromatic N) is 3. The SMILES string of the molecule is COc1cc(=O)c2c(=O)c3c(c(=O)c=2c1=O)=C(O)C1(CCc2cc4cc(C=NNC(=O)CN5CCN(C)CC5)[nH]c(=O)c4c(O)c21)C=3O. The van der Waals surface area contributed by atoms with Gasteiger partial charge >= 0.3 is 0 Å². The Labute approximate surface area is 268 Å². The van der Waals surface area contributed by atoms with Gasteiger partial charge in [0.1, 0.15) is 22.7 Å². The van der Waals surface area contributed by atoms with Gasteiger partial charge in [0.2, 0.25) is 16.3 Å². The molecular weight excluding hydrogens is 626 g/mol. The number of fused-ring (bicyclic) bond motifs is 4. The molecule has 1 spiro atoms. The molecule has 1 aromatic heterocycles. The zero-order valence-corrected chi connectivity index (χ0v) is 25.8. The number of likely N-dealkylation sites (N-methyl/N-ethyl adjacent to an activating group) is 1. The molecule has 1 aromatic carbocycles. The lowest BCUT2D eigenvalue weighted by atomic mass is 9.78. The highest BCUT2D eigenvalue weighted by Gasteiger charge is 2.53. The van der Waals surface area contributed by atoms with Crippen LogP contribution in [0.5, 0.6) is 11.5 Å². The van der Waals surface area contributed by atoms with E-state index in [-0.39, 0.29) is 47.3 Å². The number of phenolic OH excluding ortho intramolecular Hbond substituents is 1. The number of hydrogen-bond donors (Lipinski definition) is 5. The molecule has 2 aromatic rings. The smallest absolute Gasteiger partial charge is 0.260 e. The van der Waals surface area contributed by atoms with Crippen molar-refractivity contribution in [2.75, 3.05) is 46.9 Å². The summed E-state index contributed by atoms with van der Waals surface area (Å²) in [4.78, 5) is 85.4. The first-order valence-corrected chi connectivity index (χ1v) is 15.1. The molecule has 1 amide bonds. The van der Waals surface area contributed by atoms with Crippen molar-refractivity contribution in [3.8, 4) is 11.5 Å². The summed E-state index contributed by atoms with van der Waals surface area (Å²) in [5.41, 5.74) is -4.05. The fourth-order valence-corrected chi connectivity index (χ4v) is 7.26. The number of aliphatic hydroxyl groups is 2. The highest BCUT2D eigenvalue weighted by Crippen LogP contribution is 2.54. The molecular formula is C33H29N5O10. The number of methoxy groups -OCH3 is 1. The number of hydrazone groups is 1. The fraction of sp³-hybridized carbons (Fsp3) is 0.303. The Morgan fingerprint density at radius 3 is 2.29 bits per heavy atom. The third kappa shape index (κ3) is 4.31. The van der Waals surface area contributed by atoms with Gasteiger partial charge in [-0.05, 0) is 36.9 Å². The van der Waals surface area contributed by atoms with Crippen LogP contribution in [0.15, 0.2) is 47.3 Å². The molecule has 0 radical (unpaired) electrons. The second kappa shape index (κ2) is 11.0. The van der Waals surface area contributed by atoms with E-state index >= 15 is 0 Å². The minimum absolute atomic E-state index is 0.0885. The van der Waals surface area contributed by atoms with E-state index < -0.39 is 76.6 Å². The number of pyridine rings is 1. The number of aromatic amines is 1. The maximum atomic E-state index is 13.7. The Balaban J connectivity index is 1.31. The van der Waals surface area contributed by atoms with Crippen LogP contribution in [0.1, 0.15) is 23.2 Å². The molecule has 2 heterocycles. The van der Waals surface area contributed by atoms with Crippen molar-refractivity contribution in [3.63, 3.8) is 0 Å². The fourth-order valence-electron chi connectivity index (χ4n) is 7.26. The molecule has 1 fully saturated rings. The number of piperazine rings is 1. The van der Waals surface area contributed by atoms with Gasteiger partial charge in [0, 0.05) is 37.8 Å².